The summed E-state index contributed by atoms with van der Waals surface area (Å²) in [5.41, 5.74) is 2.58. The maximum atomic E-state index is 13.8. The van der Waals surface area contributed by atoms with Gasteiger partial charge in [-0.05, 0) is 43.7 Å². The van der Waals surface area contributed by atoms with Gasteiger partial charge in [0.05, 0.1) is 30.1 Å². The van der Waals surface area contributed by atoms with Crippen LogP contribution in [0, 0.1) is 13.8 Å². The molecule has 192 valence electrons. The molecule has 1 aliphatic heterocycles. The molecule has 1 aliphatic rings. The van der Waals surface area contributed by atoms with Gasteiger partial charge < -0.3 is 9.84 Å². The molecule has 2 heterocycles. The van der Waals surface area contributed by atoms with Crippen LogP contribution >= 0.6 is 0 Å². The van der Waals surface area contributed by atoms with E-state index < -0.39 is 23.3 Å². The van der Waals surface area contributed by atoms with Crippen molar-refractivity contribution in [1.29, 1.82) is 0 Å². The van der Waals surface area contributed by atoms with Gasteiger partial charge in [0.2, 0.25) is 0 Å². The van der Waals surface area contributed by atoms with Crippen LogP contribution in [-0.4, -0.2) is 33.3 Å². The zero-order chi connectivity index (χ0) is 27.1. The minimum Gasteiger partial charge on any atom is -0.507 e. The van der Waals surface area contributed by atoms with E-state index in [1.54, 1.807) is 67.2 Å². The minimum absolute atomic E-state index is 0.0715. The number of Topliss-reactive ketones (excluding diaryl/α,β-unsaturated/α-hetero) is 1. The van der Waals surface area contributed by atoms with E-state index in [0.717, 1.165) is 5.56 Å². The van der Waals surface area contributed by atoms with Crippen LogP contribution in [0.3, 0.4) is 0 Å². The Balaban J connectivity index is 1.77. The number of nitrogens with zero attached hydrogens (tertiary/aromatic N) is 3. The minimum atomic E-state index is -1.03. The number of hydrogen-bond acceptors (Lipinski definition) is 5. The molecule has 8 nitrogen and oxygen atoms in total. The van der Waals surface area contributed by atoms with Crippen molar-refractivity contribution in [3.05, 3.63) is 117 Å². The summed E-state index contributed by atoms with van der Waals surface area (Å²) in [7, 11) is 3.26. The number of amides is 1. The lowest BCUT2D eigenvalue weighted by Crippen LogP contribution is -2.34. The fourth-order valence-electron chi connectivity index (χ4n) is 4.86. The number of aromatic nitrogens is 2. The number of carbonyl (C=O) groups excluding carboxylic acids is 2. The van der Waals surface area contributed by atoms with Gasteiger partial charge in [-0.25, -0.2) is 4.68 Å². The molecule has 0 unspecified atom stereocenters. The second-order valence-corrected chi connectivity index (χ2v) is 9.22. The molecular formula is C30H27N3O5. The standard InChI is InChI=1S/C30H27N3O5/c1-18-10-12-21(13-11-18)27(34)24-26(20-14-16-23(38-4)17-15-20)32(30(37)28(24)35)25-19(2)31(3)33(29(25)36)22-8-6-5-7-9-22/h5-17,26,34H,1-4H3/t26-/m0/s1. The quantitative estimate of drug-likeness (QED) is 0.244. The van der Waals surface area contributed by atoms with Crippen molar-refractivity contribution in [1.82, 2.24) is 9.36 Å². The predicted molar refractivity (Wildman–Crippen MR) is 145 cm³/mol. The maximum absolute atomic E-state index is 13.8. The van der Waals surface area contributed by atoms with Gasteiger partial charge in [-0.1, -0.05) is 60.2 Å². The molecule has 0 aliphatic carbocycles. The van der Waals surface area contributed by atoms with Crippen molar-refractivity contribution < 1.29 is 19.4 Å². The highest BCUT2D eigenvalue weighted by molar-refractivity contribution is 6.51. The van der Waals surface area contributed by atoms with Crippen LogP contribution in [0.15, 0.2) is 89.2 Å². The summed E-state index contributed by atoms with van der Waals surface area (Å²) in [6.07, 6.45) is 0. The monoisotopic (exact) mass is 509 g/mol. The van der Waals surface area contributed by atoms with Gasteiger partial charge in [-0.2, -0.15) is 0 Å². The summed E-state index contributed by atoms with van der Waals surface area (Å²) in [6.45, 7) is 3.64. The fourth-order valence-corrected chi connectivity index (χ4v) is 4.86. The highest BCUT2D eigenvalue weighted by Gasteiger charge is 2.49. The summed E-state index contributed by atoms with van der Waals surface area (Å²) >= 11 is 0. The molecule has 5 rings (SSSR count). The first-order valence-electron chi connectivity index (χ1n) is 12.1. The highest BCUT2D eigenvalue weighted by atomic mass is 16.5. The van der Waals surface area contributed by atoms with Crippen LogP contribution in [0.25, 0.3) is 11.4 Å². The van der Waals surface area contributed by atoms with Gasteiger partial charge in [0.1, 0.15) is 17.2 Å². The average molecular weight is 510 g/mol. The number of anilines is 1. The molecule has 1 amide bonds. The summed E-state index contributed by atoms with van der Waals surface area (Å²) in [4.78, 5) is 42.2. The molecule has 0 saturated carbocycles. The van der Waals surface area contributed by atoms with E-state index in [1.807, 2.05) is 37.3 Å². The van der Waals surface area contributed by atoms with Crippen LogP contribution in [0.5, 0.6) is 5.75 Å². The third-order valence-corrected chi connectivity index (χ3v) is 6.97. The number of hydrogen-bond donors (Lipinski definition) is 1. The summed E-state index contributed by atoms with van der Waals surface area (Å²) in [5.74, 6) is -1.46. The third kappa shape index (κ3) is 3.91. The molecule has 0 radical (unpaired) electrons. The second-order valence-electron chi connectivity index (χ2n) is 9.22. The Morgan fingerprint density at radius 1 is 0.868 bits per heavy atom. The Hall–Kier alpha value is -4.85. The van der Waals surface area contributed by atoms with Crippen molar-refractivity contribution in [2.75, 3.05) is 12.0 Å². The largest absolute Gasteiger partial charge is 0.507 e. The number of methoxy groups -OCH3 is 1. The van der Waals surface area contributed by atoms with E-state index in [2.05, 4.69) is 0 Å². The molecule has 0 bridgehead atoms. The zero-order valence-electron chi connectivity index (χ0n) is 21.5. The Bertz CT molecular complexity index is 1630. The van der Waals surface area contributed by atoms with Crippen molar-refractivity contribution in [2.45, 2.75) is 19.9 Å². The van der Waals surface area contributed by atoms with Gasteiger partial charge in [-0.3, -0.25) is 24.0 Å². The molecule has 1 atom stereocenters. The molecule has 38 heavy (non-hydrogen) atoms. The van der Waals surface area contributed by atoms with Crippen LogP contribution < -0.4 is 15.2 Å². The van der Waals surface area contributed by atoms with Gasteiger partial charge in [-0.15, -0.1) is 0 Å². The SMILES string of the molecule is COc1ccc([C@H]2C(=C(O)c3ccc(C)cc3)C(=O)C(=O)N2c2c(C)n(C)n(-c3ccccc3)c2=O)cc1. The molecular weight excluding hydrogens is 482 g/mol. The number of aryl methyl sites for hydroxylation is 1. The zero-order valence-corrected chi connectivity index (χ0v) is 21.5. The van der Waals surface area contributed by atoms with E-state index >= 15 is 0 Å². The number of ether oxygens (including phenoxy) is 1. The number of para-hydroxylation sites is 1. The molecule has 1 fully saturated rings. The normalized spacial score (nSPS) is 16.7. The molecule has 0 spiro atoms. The molecule has 1 aromatic heterocycles. The smallest absolute Gasteiger partial charge is 0.300 e. The summed E-state index contributed by atoms with van der Waals surface area (Å²) in [5, 5.41) is 11.3. The van der Waals surface area contributed by atoms with Crippen LogP contribution in [0.1, 0.15) is 28.4 Å². The van der Waals surface area contributed by atoms with E-state index in [1.165, 1.54) is 16.7 Å². The Morgan fingerprint density at radius 3 is 2.11 bits per heavy atom. The molecule has 8 heteroatoms. The van der Waals surface area contributed by atoms with Gasteiger partial charge in [0, 0.05) is 12.6 Å². The Labute approximate surface area is 219 Å². The van der Waals surface area contributed by atoms with E-state index in [0.29, 0.717) is 28.3 Å². The Kier molecular flexibility index (Phi) is 6.24. The number of rotatable bonds is 5. The lowest BCUT2D eigenvalue weighted by Gasteiger charge is -2.24. The van der Waals surface area contributed by atoms with E-state index in [4.69, 9.17) is 4.74 Å². The summed E-state index contributed by atoms with van der Waals surface area (Å²) < 4.78 is 8.38. The first-order valence-corrected chi connectivity index (χ1v) is 12.1. The number of ketones is 1. The maximum Gasteiger partial charge on any atom is 0.300 e. The van der Waals surface area contributed by atoms with Crippen LogP contribution in [0.2, 0.25) is 0 Å². The van der Waals surface area contributed by atoms with Gasteiger partial charge in [0.15, 0.2) is 0 Å². The predicted octanol–water partition coefficient (Wildman–Crippen LogP) is 4.43. The first kappa shape index (κ1) is 24.8. The van der Waals surface area contributed by atoms with Crippen molar-refractivity contribution in [3.8, 4) is 11.4 Å². The molecule has 3 aromatic carbocycles. The van der Waals surface area contributed by atoms with Crippen LogP contribution in [-0.2, 0) is 16.6 Å². The molecule has 1 saturated heterocycles. The van der Waals surface area contributed by atoms with Gasteiger partial charge >= 0.3 is 0 Å². The van der Waals surface area contributed by atoms with Crippen molar-refractivity contribution in [2.24, 2.45) is 7.05 Å². The number of aliphatic hydroxyl groups excluding tert-OH is 1. The van der Waals surface area contributed by atoms with Crippen molar-refractivity contribution in [3.63, 3.8) is 0 Å². The average Bonchev–Trinajstić information content (AvgIpc) is 3.31. The number of benzene rings is 3. The lowest BCUT2D eigenvalue weighted by molar-refractivity contribution is -0.132. The molecule has 4 aromatic rings. The Morgan fingerprint density at radius 2 is 1.50 bits per heavy atom. The van der Waals surface area contributed by atoms with E-state index in [9.17, 15) is 19.5 Å². The lowest BCUT2D eigenvalue weighted by atomic mass is 9.95. The highest BCUT2D eigenvalue weighted by Crippen LogP contribution is 2.42. The number of carbonyl (C=O) groups is 2. The van der Waals surface area contributed by atoms with E-state index in [-0.39, 0.29) is 17.0 Å². The van der Waals surface area contributed by atoms with Crippen LogP contribution in [0.4, 0.5) is 5.69 Å². The first-order chi connectivity index (χ1) is 18.2. The summed E-state index contributed by atoms with van der Waals surface area (Å²) in [6, 6.07) is 21.9. The fraction of sp³-hybridized carbons (Fsp3) is 0.167. The number of aliphatic hydroxyl groups is 1. The third-order valence-electron chi connectivity index (χ3n) is 6.97. The van der Waals surface area contributed by atoms with Crippen molar-refractivity contribution >= 4 is 23.1 Å². The topological polar surface area (TPSA) is 93.8 Å². The molecule has 1 N–H and O–H groups in total. The second kappa shape index (κ2) is 9.55. The van der Waals surface area contributed by atoms with Gasteiger partial charge in [0.25, 0.3) is 17.2 Å².